The van der Waals surface area contributed by atoms with Crippen molar-refractivity contribution in [2.45, 2.75) is 13.0 Å². The maximum Gasteiger partial charge on any atom is 0.136 e. The van der Waals surface area contributed by atoms with Crippen LogP contribution in [0.25, 0.3) is 5.65 Å². The summed E-state index contributed by atoms with van der Waals surface area (Å²) in [5.41, 5.74) is 9.30. The van der Waals surface area contributed by atoms with E-state index in [1.54, 1.807) is 0 Å². The van der Waals surface area contributed by atoms with E-state index in [1.165, 1.54) is 11.3 Å². The lowest BCUT2D eigenvalue weighted by molar-refractivity contribution is 0.272. The molecule has 0 fully saturated rings. The molecule has 2 heterocycles. The minimum Gasteiger partial charge on any atom is -0.329 e. The molecule has 0 spiro atoms. The fourth-order valence-corrected chi connectivity index (χ4v) is 3.07. The summed E-state index contributed by atoms with van der Waals surface area (Å²) < 4.78 is 3.19. The van der Waals surface area contributed by atoms with Gasteiger partial charge in [0, 0.05) is 36.8 Å². The summed E-state index contributed by atoms with van der Waals surface area (Å²) in [5, 5.41) is 0. The first-order chi connectivity index (χ1) is 11.3. The van der Waals surface area contributed by atoms with Crippen molar-refractivity contribution in [2.75, 3.05) is 19.6 Å². The molecule has 1 aromatic carbocycles. The highest BCUT2D eigenvalue weighted by Gasteiger charge is 2.10. The molecule has 0 radical (unpaired) electrons. The largest absolute Gasteiger partial charge is 0.329 e. The smallest absolute Gasteiger partial charge is 0.136 e. The third-order valence-corrected chi connectivity index (χ3v) is 4.41. The highest BCUT2D eigenvalue weighted by molar-refractivity contribution is 9.10. The lowest BCUT2D eigenvalue weighted by Crippen LogP contribution is -2.31. The molecule has 0 unspecified atom stereocenters. The van der Waals surface area contributed by atoms with Crippen LogP contribution >= 0.6 is 15.9 Å². The van der Waals surface area contributed by atoms with Gasteiger partial charge < -0.3 is 10.1 Å². The fraction of sp³-hybridized carbons (Fsp3) is 0.278. The number of pyridine rings is 1. The summed E-state index contributed by atoms with van der Waals surface area (Å²) in [6.45, 7) is 3.38. The van der Waals surface area contributed by atoms with E-state index in [-0.39, 0.29) is 0 Å². The molecule has 0 saturated heterocycles. The van der Waals surface area contributed by atoms with Gasteiger partial charge >= 0.3 is 0 Å². The van der Waals surface area contributed by atoms with Gasteiger partial charge in [-0.25, -0.2) is 4.98 Å². The Kier molecular flexibility index (Phi) is 5.43. The van der Waals surface area contributed by atoms with E-state index in [0.29, 0.717) is 6.54 Å². The van der Waals surface area contributed by atoms with E-state index in [0.717, 1.165) is 36.2 Å². The van der Waals surface area contributed by atoms with Crippen molar-refractivity contribution in [3.8, 4) is 0 Å². The van der Waals surface area contributed by atoms with Gasteiger partial charge in [-0.05, 0) is 40.0 Å². The Hall–Kier alpha value is -1.69. The average Bonchev–Trinajstić information content (AvgIpc) is 2.96. The number of aromatic nitrogens is 2. The van der Waals surface area contributed by atoms with Crippen LogP contribution in [0, 0.1) is 0 Å². The van der Waals surface area contributed by atoms with E-state index in [1.807, 2.05) is 18.3 Å². The summed E-state index contributed by atoms with van der Waals surface area (Å²) in [6.07, 6.45) is 5.05. The van der Waals surface area contributed by atoms with Crippen LogP contribution in [0.5, 0.6) is 0 Å². The van der Waals surface area contributed by atoms with Crippen molar-refractivity contribution in [3.63, 3.8) is 0 Å². The Bertz CT molecular complexity index is 754. The molecule has 0 amide bonds. The van der Waals surface area contributed by atoms with Crippen LogP contribution in [0.4, 0.5) is 0 Å². The van der Waals surface area contributed by atoms with E-state index >= 15 is 0 Å². The van der Waals surface area contributed by atoms with Crippen LogP contribution in [0.1, 0.15) is 11.3 Å². The molecule has 5 heteroatoms. The Labute approximate surface area is 145 Å². The second-order valence-corrected chi connectivity index (χ2v) is 6.54. The van der Waals surface area contributed by atoms with Gasteiger partial charge in [0.05, 0.1) is 11.9 Å². The SMILES string of the molecule is NCCN(CCc1ccccc1)Cc1cnc2ccc(Br)cn12. The van der Waals surface area contributed by atoms with Gasteiger partial charge in [0.1, 0.15) is 5.65 Å². The molecule has 0 aliphatic carbocycles. The fourth-order valence-electron chi connectivity index (χ4n) is 2.74. The van der Waals surface area contributed by atoms with E-state index in [2.05, 4.69) is 66.7 Å². The van der Waals surface area contributed by atoms with Crippen LogP contribution in [0.3, 0.4) is 0 Å². The monoisotopic (exact) mass is 372 g/mol. The molecule has 120 valence electrons. The molecule has 0 aliphatic heterocycles. The summed E-state index contributed by atoms with van der Waals surface area (Å²) in [5.74, 6) is 0. The van der Waals surface area contributed by atoms with E-state index in [4.69, 9.17) is 5.73 Å². The number of halogens is 1. The zero-order valence-corrected chi connectivity index (χ0v) is 14.6. The third kappa shape index (κ3) is 4.19. The Morgan fingerprint density at radius 1 is 1.09 bits per heavy atom. The van der Waals surface area contributed by atoms with Crippen molar-refractivity contribution >= 4 is 21.6 Å². The first-order valence-corrected chi connectivity index (χ1v) is 8.63. The molecular weight excluding hydrogens is 352 g/mol. The topological polar surface area (TPSA) is 46.6 Å². The molecule has 3 aromatic rings. The Morgan fingerprint density at radius 2 is 1.91 bits per heavy atom. The van der Waals surface area contributed by atoms with Crippen LogP contribution in [-0.2, 0) is 13.0 Å². The average molecular weight is 373 g/mol. The minimum atomic E-state index is 0.662. The summed E-state index contributed by atoms with van der Waals surface area (Å²) >= 11 is 3.53. The first kappa shape index (κ1) is 16.2. The molecule has 23 heavy (non-hydrogen) atoms. The molecule has 2 N–H and O–H groups in total. The molecule has 0 saturated carbocycles. The quantitative estimate of drug-likeness (QED) is 0.692. The Balaban J connectivity index is 1.72. The summed E-state index contributed by atoms with van der Waals surface area (Å²) in [6, 6.07) is 14.6. The third-order valence-electron chi connectivity index (χ3n) is 3.94. The van der Waals surface area contributed by atoms with Gasteiger partial charge in [0.15, 0.2) is 0 Å². The lowest BCUT2D eigenvalue weighted by atomic mass is 10.1. The van der Waals surface area contributed by atoms with Crippen molar-refractivity contribution in [1.82, 2.24) is 14.3 Å². The molecular formula is C18H21BrN4. The van der Waals surface area contributed by atoms with Crippen LogP contribution in [0.2, 0.25) is 0 Å². The maximum absolute atomic E-state index is 5.79. The van der Waals surface area contributed by atoms with Crippen LogP contribution < -0.4 is 5.73 Å². The highest BCUT2D eigenvalue weighted by atomic mass is 79.9. The molecule has 3 rings (SSSR count). The minimum absolute atomic E-state index is 0.662. The maximum atomic E-state index is 5.79. The zero-order valence-electron chi connectivity index (χ0n) is 13.0. The van der Waals surface area contributed by atoms with Gasteiger partial charge in [0.25, 0.3) is 0 Å². The number of rotatable bonds is 7. The van der Waals surface area contributed by atoms with Gasteiger partial charge in [0.2, 0.25) is 0 Å². The second-order valence-electron chi connectivity index (χ2n) is 5.63. The van der Waals surface area contributed by atoms with Crippen molar-refractivity contribution in [1.29, 1.82) is 0 Å². The molecule has 2 aromatic heterocycles. The normalized spacial score (nSPS) is 11.4. The number of hydrogen-bond acceptors (Lipinski definition) is 3. The van der Waals surface area contributed by atoms with Crippen molar-refractivity contribution < 1.29 is 0 Å². The molecule has 0 bridgehead atoms. The zero-order chi connectivity index (χ0) is 16.1. The second kappa shape index (κ2) is 7.73. The Morgan fingerprint density at radius 3 is 2.70 bits per heavy atom. The van der Waals surface area contributed by atoms with Crippen LogP contribution in [0.15, 0.2) is 59.3 Å². The highest BCUT2D eigenvalue weighted by Crippen LogP contribution is 2.15. The number of hydrogen-bond donors (Lipinski definition) is 1. The van der Waals surface area contributed by atoms with Gasteiger partial charge in [-0.15, -0.1) is 0 Å². The first-order valence-electron chi connectivity index (χ1n) is 7.84. The molecule has 0 aliphatic rings. The number of nitrogens with two attached hydrogens (primary N) is 1. The summed E-state index contributed by atoms with van der Waals surface area (Å²) in [7, 11) is 0. The number of nitrogens with zero attached hydrogens (tertiary/aromatic N) is 3. The van der Waals surface area contributed by atoms with Gasteiger partial charge in [-0.1, -0.05) is 30.3 Å². The standard InChI is InChI=1S/C18H21BrN4/c19-16-6-7-18-21-12-17(23(18)13-16)14-22(11-9-20)10-8-15-4-2-1-3-5-15/h1-7,12-13H,8-11,14,20H2. The van der Waals surface area contributed by atoms with E-state index < -0.39 is 0 Å². The van der Waals surface area contributed by atoms with Gasteiger partial charge in [-0.3, -0.25) is 4.90 Å². The predicted molar refractivity (Wildman–Crippen MR) is 97.4 cm³/mol. The number of fused-ring (bicyclic) bond motifs is 1. The molecule has 0 atom stereocenters. The molecule has 4 nitrogen and oxygen atoms in total. The number of benzene rings is 1. The van der Waals surface area contributed by atoms with Crippen molar-refractivity contribution in [3.05, 3.63) is 70.6 Å². The van der Waals surface area contributed by atoms with Crippen LogP contribution in [-0.4, -0.2) is 33.9 Å². The number of imidazole rings is 1. The van der Waals surface area contributed by atoms with Gasteiger partial charge in [-0.2, -0.15) is 0 Å². The van der Waals surface area contributed by atoms with Crippen molar-refractivity contribution in [2.24, 2.45) is 5.73 Å². The van der Waals surface area contributed by atoms with E-state index in [9.17, 15) is 0 Å². The summed E-state index contributed by atoms with van der Waals surface area (Å²) in [4.78, 5) is 6.86. The lowest BCUT2D eigenvalue weighted by Gasteiger charge is -2.21. The predicted octanol–water partition coefficient (Wildman–Crippen LogP) is 3.10.